The molecule has 12 rings (SSSR count). The number of anilines is 3. The molecule has 296 valence electrons. The van der Waals surface area contributed by atoms with E-state index in [0.717, 1.165) is 78.1 Å². The lowest BCUT2D eigenvalue weighted by molar-refractivity contribution is 0.669. The summed E-state index contributed by atoms with van der Waals surface area (Å²) in [6.45, 7) is 0. The zero-order chi connectivity index (χ0) is 41.7. The lowest BCUT2D eigenvalue weighted by Gasteiger charge is -2.28. The molecule has 0 bridgehead atoms. The van der Waals surface area contributed by atoms with Crippen LogP contribution in [-0.4, -0.2) is 4.57 Å². The number of hydrogen-bond acceptors (Lipinski definition) is 2. The number of aromatic nitrogens is 1. The molecule has 0 radical (unpaired) electrons. The minimum Gasteiger partial charge on any atom is -0.456 e. The highest BCUT2D eigenvalue weighted by Crippen LogP contribution is 2.45. The highest BCUT2D eigenvalue weighted by molar-refractivity contribution is 6.13. The van der Waals surface area contributed by atoms with Crippen LogP contribution in [0.2, 0.25) is 0 Å². The quantitative estimate of drug-likeness (QED) is 0.153. The van der Waals surface area contributed by atoms with Crippen LogP contribution < -0.4 is 4.90 Å². The van der Waals surface area contributed by atoms with Crippen LogP contribution in [0.4, 0.5) is 17.1 Å². The number of para-hydroxylation sites is 4. The summed E-state index contributed by atoms with van der Waals surface area (Å²) in [5.74, 6) is 0. The fourth-order valence-electron chi connectivity index (χ4n) is 9.53. The van der Waals surface area contributed by atoms with Crippen LogP contribution in [0.15, 0.2) is 247 Å². The number of furan rings is 1. The van der Waals surface area contributed by atoms with E-state index in [9.17, 15) is 0 Å². The number of benzene rings is 10. The monoisotopic (exact) mass is 804 g/mol. The molecular formula is C60H40N2O. The second kappa shape index (κ2) is 15.3. The van der Waals surface area contributed by atoms with Gasteiger partial charge in [0.25, 0.3) is 0 Å². The van der Waals surface area contributed by atoms with Crippen LogP contribution >= 0.6 is 0 Å². The third-order valence-electron chi connectivity index (χ3n) is 12.4. The smallest absolute Gasteiger partial charge is 0.136 e. The molecule has 0 saturated carbocycles. The summed E-state index contributed by atoms with van der Waals surface area (Å²) < 4.78 is 8.76. The van der Waals surface area contributed by atoms with Gasteiger partial charge in [0.05, 0.1) is 22.4 Å². The largest absolute Gasteiger partial charge is 0.456 e. The second-order valence-electron chi connectivity index (χ2n) is 16.1. The first-order chi connectivity index (χ1) is 31.3. The zero-order valence-electron chi connectivity index (χ0n) is 34.4. The molecule has 0 fully saturated rings. The maximum absolute atomic E-state index is 6.33. The van der Waals surface area contributed by atoms with Crippen LogP contribution in [0.5, 0.6) is 0 Å². The van der Waals surface area contributed by atoms with Crippen molar-refractivity contribution < 1.29 is 4.42 Å². The van der Waals surface area contributed by atoms with Crippen LogP contribution in [0.1, 0.15) is 0 Å². The molecule has 3 nitrogen and oxygen atoms in total. The van der Waals surface area contributed by atoms with Gasteiger partial charge in [-0.2, -0.15) is 0 Å². The maximum atomic E-state index is 6.33. The SMILES string of the molecule is c1ccc(-c2ccccc2N(c2ccc(-c3ccc(-c4ccccc4)c(-n4c5ccccc5c5ccccc54)c3)cc2)c2cccc(-c3cccc4oc5ccccc5c34)c2)cc1. The van der Waals surface area contributed by atoms with Crippen molar-refractivity contribution in [3.63, 3.8) is 0 Å². The van der Waals surface area contributed by atoms with E-state index in [4.69, 9.17) is 4.42 Å². The van der Waals surface area contributed by atoms with Gasteiger partial charge in [-0.25, -0.2) is 0 Å². The van der Waals surface area contributed by atoms with Crippen LogP contribution in [0, 0.1) is 0 Å². The molecule has 3 heteroatoms. The van der Waals surface area contributed by atoms with Crippen molar-refractivity contribution in [2.45, 2.75) is 0 Å². The molecule has 63 heavy (non-hydrogen) atoms. The fourth-order valence-corrected chi connectivity index (χ4v) is 9.53. The van der Waals surface area contributed by atoms with Gasteiger partial charge in [0.2, 0.25) is 0 Å². The number of hydrogen-bond donors (Lipinski definition) is 0. The third-order valence-corrected chi connectivity index (χ3v) is 12.4. The molecule has 0 aliphatic carbocycles. The Hall–Kier alpha value is -8.40. The average Bonchev–Trinajstić information content (AvgIpc) is 3.91. The van der Waals surface area contributed by atoms with Gasteiger partial charge in [-0.1, -0.05) is 182 Å². The molecule has 0 aliphatic heterocycles. The molecular weight excluding hydrogens is 765 g/mol. The topological polar surface area (TPSA) is 21.3 Å². The molecule has 2 aromatic heterocycles. The summed E-state index contributed by atoms with van der Waals surface area (Å²) in [6.07, 6.45) is 0. The fraction of sp³-hybridized carbons (Fsp3) is 0. The summed E-state index contributed by atoms with van der Waals surface area (Å²) in [5, 5.41) is 4.74. The Labute approximate surface area is 366 Å². The van der Waals surface area contributed by atoms with Gasteiger partial charge < -0.3 is 13.9 Å². The highest BCUT2D eigenvalue weighted by Gasteiger charge is 2.21. The van der Waals surface area contributed by atoms with E-state index in [1.54, 1.807) is 0 Å². The van der Waals surface area contributed by atoms with E-state index in [-0.39, 0.29) is 0 Å². The van der Waals surface area contributed by atoms with E-state index in [2.05, 4.69) is 240 Å². The molecule has 2 heterocycles. The van der Waals surface area contributed by atoms with Gasteiger partial charge in [0.15, 0.2) is 0 Å². The van der Waals surface area contributed by atoms with Gasteiger partial charge in [0, 0.05) is 44.0 Å². The Bertz CT molecular complexity index is 3570. The van der Waals surface area contributed by atoms with E-state index in [1.165, 1.54) is 32.9 Å². The van der Waals surface area contributed by atoms with E-state index in [1.807, 2.05) is 12.1 Å². The van der Waals surface area contributed by atoms with E-state index >= 15 is 0 Å². The Kier molecular flexibility index (Phi) is 8.83. The minimum absolute atomic E-state index is 0.888. The molecule has 0 aliphatic rings. The number of rotatable bonds is 8. The molecule has 0 N–H and O–H groups in total. The average molecular weight is 805 g/mol. The van der Waals surface area contributed by atoms with E-state index < -0.39 is 0 Å². The summed E-state index contributed by atoms with van der Waals surface area (Å²) in [5.41, 5.74) is 17.8. The zero-order valence-corrected chi connectivity index (χ0v) is 34.4. The Morgan fingerprint density at radius 3 is 1.62 bits per heavy atom. The van der Waals surface area contributed by atoms with Crippen molar-refractivity contribution in [3.05, 3.63) is 243 Å². The lowest BCUT2D eigenvalue weighted by Crippen LogP contribution is -2.11. The van der Waals surface area contributed by atoms with Crippen molar-refractivity contribution in [1.29, 1.82) is 0 Å². The molecule has 0 saturated heterocycles. The first-order valence-corrected chi connectivity index (χ1v) is 21.5. The van der Waals surface area contributed by atoms with Gasteiger partial charge in [-0.3, -0.25) is 0 Å². The maximum Gasteiger partial charge on any atom is 0.136 e. The minimum atomic E-state index is 0.888. The van der Waals surface area contributed by atoms with Crippen LogP contribution in [0.25, 0.3) is 93.9 Å². The van der Waals surface area contributed by atoms with Crippen LogP contribution in [0.3, 0.4) is 0 Å². The highest BCUT2D eigenvalue weighted by atomic mass is 16.3. The summed E-state index contributed by atoms with van der Waals surface area (Å²) >= 11 is 0. The molecule has 0 atom stereocenters. The predicted octanol–water partition coefficient (Wildman–Crippen LogP) is 16.8. The second-order valence-corrected chi connectivity index (χ2v) is 16.1. The summed E-state index contributed by atoms with van der Waals surface area (Å²) in [4.78, 5) is 2.39. The third kappa shape index (κ3) is 6.29. The molecule has 0 amide bonds. The normalized spacial score (nSPS) is 11.5. The van der Waals surface area contributed by atoms with Crippen molar-refractivity contribution in [3.8, 4) is 50.2 Å². The molecule has 0 unspecified atom stereocenters. The van der Waals surface area contributed by atoms with Crippen molar-refractivity contribution in [1.82, 2.24) is 4.57 Å². The molecule has 10 aromatic carbocycles. The van der Waals surface area contributed by atoms with Gasteiger partial charge in [-0.05, 0) is 94.0 Å². The van der Waals surface area contributed by atoms with Gasteiger partial charge in [-0.15, -0.1) is 0 Å². The van der Waals surface area contributed by atoms with Crippen molar-refractivity contribution >= 4 is 60.8 Å². The standard InChI is InChI=1S/C60H40N2O/c1-3-17-42(18-4-1)48-23-7-11-28-54(48)61(47-22-15-21-45(39-47)50-27-16-32-59-60(50)53-26-10-14-31-58(53)63-59)46-36-33-41(34-37-46)44-35-38-49(43-19-5-2-6-20-43)57(40-44)62-55-29-12-8-24-51(55)52-25-9-13-30-56(52)62/h1-40H. The van der Waals surface area contributed by atoms with Crippen LogP contribution in [-0.2, 0) is 0 Å². The Morgan fingerprint density at radius 1 is 0.317 bits per heavy atom. The molecule has 12 aromatic rings. The predicted molar refractivity (Wildman–Crippen MR) is 264 cm³/mol. The van der Waals surface area contributed by atoms with E-state index in [0.29, 0.717) is 0 Å². The van der Waals surface area contributed by atoms with Crippen molar-refractivity contribution in [2.75, 3.05) is 4.90 Å². The first kappa shape index (κ1) is 36.5. The Morgan fingerprint density at radius 2 is 0.873 bits per heavy atom. The lowest BCUT2D eigenvalue weighted by atomic mass is 9.97. The number of fused-ring (bicyclic) bond motifs is 6. The van der Waals surface area contributed by atoms with Gasteiger partial charge >= 0.3 is 0 Å². The Balaban J connectivity index is 1.01. The summed E-state index contributed by atoms with van der Waals surface area (Å²) in [7, 11) is 0. The first-order valence-electron chi connectivity index (χ1n) is 21.5. The number of nitrogens with zero attached hydrogens (tertiary/aromatic N) is 2. The van der Waals surface area contributed by atoms with Crippen molar-refractivity contribution in [2.24, 2.45) is 0 Å². The van der Waals surface area contributed by atoms with Gasteiger partial charge in [0.1, 0.15) is 11.2 Å². The summed E-state index contributed by atoms with van der Waals surface area (Å²) in [6, 6.07) is 87.1. The molecule has 0 spiro atoms.